The fourth-order valence-electron chi connectivity index (χ4n) is 5.17. The highest BCUT2D eigenvalue weighted by atomic mass is 16.5. The van der Waals surface area contributed by atoms with E-state index in [0.29, 0.717) is 25.9 Å². The van der Waals surface area contributed by atoms with E-state index in [4.69, 9.17) is 9.84 Å². The number of hydrogen-bond donors (Lipinski definition) is 3. The first-order chi connectivity index (χ1) is 16.9. The molecule has 0 aliphatic heterocycles. The molecule has 0 spiro atoms. The average Bonchev–Trinajstić information content (AvgIpc) is 3.15. The van der Waals surface area contributed by atoms with Gasteiger partial charge >= 0.3 is 12.1 Å². The number of carbonyl (C=O) groups excluding carboxylic acids is 2. The van der Waals surface area contributed by atoms with Crippen LogP contribution < -0.4 is 10.6 Å². The Hall–Kier alpha value is -3.35. The maximum Gasteiger partial charge on any atom is 0.407 e. The van der Waals surface area contributed by atoms with Crippen LogP contribution in [0.1, 0.15) is 62.5 Å². The monoisotopic (exact) mass is 478 g/mol. The zero-order valence-corrected chi connectivity index (χ0v) is 20.2. The number of benzene rings is 2. The SMILES string of the molecule is CC(CCC(=O)NCC1(CC(=O)O)CCC1)CNC(=O)OCC1c2ccccc2-c2ccccc21. The van der Waals surface area contributed by atoms with Crippen LogP contribution in [0, 0.1) is 11.3 Å². The van der Waals surface area contributed by atoms with Crippen molar-refractivity contribution >= 4 is 18.0 Å². The molecule has 2 aromatic rings. The van der Waals surface area contributed by atoms with Crippen LogP contribution in [0.2, 0.25) is 0 Å². The zero-order chi connectivity index (χ0) is 24.8. The summed E-state index contributed by atoms with van der Waals surface area (Å²) in [5.74, 6) is -0.756. The van der Waals surface area contributed by atoms with Crippen LogP contribution in [0.15, 0.2) is 48.5 Å². The summed E-state index contributed by atoms with van der Waals surface area (Å²) in [5, 5.41) is 14.8. The molecule has 7 heteroatoms. The number of carbonyl (C=O) groups is 3. The molecule has 7 nitrogen and oxygen atoms in total. The average molecular weight is 479 g/mol. The lowest BCUT2D eigenvalue weighted by Gasteiger charge is -2.40. The number of aliphatic carboxylic acids is 1. The molecular weight excluding hydrogens is 444 g/mol. The van der Waals surface area contributed by atoms with Crippen LogP contribution in [-0.2, 0) is 14.3 Å². The summed E-state index contributed by atoms with van der Waals surface area (Å²) in [6.07, 6.45) is 3.33. The molecule has 3 N–H and O–H groups in total. The van der Waals surface area contributed by atoms with E-state index in [9.17, 15) is 14.4 Å². The molecule has 2 aliphatic carbocycles. The summed E-state index contributed by atoms with van der Waals surface area (Å²) in [7, 11) is 0. The highest BCUT2D eigenvalue weighted by Crippen LogP contribution is 2.45. The van der Waals surface area contributed by atoms with Gasteiger partial charge in [-0.05, 0) is 52.8 Å². The molecule has 0 aromatic heterocycles. The normalized spacial score (nSPS) is 16.4. The fourth-order valence-corrected chi connectivity index (χ4v) is 5.17. The molecule has 0 bridgehead atoms. The topological polar surface area (TPSA) is 105 Å². The largest absolute Gasteiger partial charge is 0.481 e. The van der Waals surface area contributed by atoms with Gasteiger partial charge in [0, 0.05) is 25.4 Å². The van der Waals surface area contributed by atoms with Gasteiger partial charge in [0.15, 0.2) is 0 Å². The van der Waals surface area contributed by atoms with E-state index in [-0.39, 0.29) is 36.2 Å². The summed E-state index contributed by atoms with van der Waals surface area (Å²) in [6.45, 7) is 3.10. The van der Waals surface area contributed by atoms with Crippen LogP contribution in [-0.4, -0.2) is 42.8 Å². The van der Waals surface area contributed by atoms with Gasteiger partial charge in [-0.1, -0.05) is 61.9 Å². The summed E-state index contributed by atoms with van der Waals surface area (Å²) in [5.41, 5.74) is 4.45. The molecule has 0 saturated heterocycles. The third-order valence-electron chi connectivity index (χ3n) is 7.40. The number of amides is 2. The molecule has 2 aromatic carbocycles. The van der Waals surface area contributed by atoms with Gasteiger partial charge in [-0.3, -0.25) is 9.59 Å². The van der Waals surface area contributed by atoms with Crippen molar-refractivity contribution in [3.8, 4) is 11.1 Å². The third kappa shape index (κ3) is 6.02. The molecule has 1 atom stereocenters. The lowest BCUT2D eigenvalue weighted by Crippen LogP contribution is -2.43. The number of hydrogen-bond acceptors (Lipinski definition) is 4. The molecule has 4 rings (SSSR count). The van der Waals surface area contributed by atoms with Crippen molar-refractivity contribution in [2.45, 2.75) is 51.4 Å². The van der Waals surface area contributed by atoms with Gasteiger partial charge < -0.3 is 20.5 Å². The Balaban J connectivity index is 1.16. The van der Waals surface area contributed by atoms with Crippen LogP contribution in [0.5, 0.6) is 0 Å². The van der Waals surface area contributed by atoms with Crippen molar-refractivity contribution in [3.63, 3.8) is 0 Å². The lowest BCUT2D eigenvalue weighted by molar-refractivity contribution is -0.141. The Labute approximate surface area is 206 Å². The van der Waals surface area contributed by atoms with E-state index in [1.165, 1.54) is 22.3 Å². The first-order valence-corrected chi connectivity index (χ1v) is 12.4. The zero-order valence-electron chi connectivity index (χ0n) is 20.2. The number of ether oxygens (including phenoxy) is 1. The summed E-state index contributed by atoms with van der Waals surface area (Å²) < 4.78 is 5.56. The Kier molecular flexibility index (Phi) is 7.73. The highest BCUT2D eigenvalue weighted by Gasteiger charge is 2.39. The van der Waals surface area contributed by atoms with E-state index in [0.717, 1.165) is 19.3 Å². The first kappa shape index (κ1) is 24.8. The van der Waals surface area contributed by atoms with Crippen molar-refractivity contribution in [1.29, 1.82) is 0 Å². The second-order valence-electron chi connectivity index (χ2n) is 10.1. The quantitative estimate of drug-likeness (QED) is 0.434. The van der Waals surface area contributed by atoms with E-state index < -0.39 is 12.1 Å². The number of rotatable bonds is 11. The second kappa shape index (κ2) is 10.9. The minimum Gasteiger partial charge on any atom is -0.481 e. The molecule has 35 heavy (non-hydrogen) atoms. The predicted octanol–water partition coefficient (Wildman–Crippen LogP) is 4.70. The van der Waals surface area contributed by atoms with Gasteiger partial charge in [0.2, 0.25) is 5.91 Å². The lowest BCUT2D eigenvalue weighted by atomic mass is 9.66. The summed E-state index contributed by atoms with van der Waals surface area (Å²) >= 11 is 0. The van der Waals surface area contributed by atoms with E-state index in [1.54, 1.807) is 0 Å². The number of alkyl carbamates (subject to hydrolysis) is 1. The number of carboxylic acids is 1. The van der Waals surface area contributed by atoms with E-state index in [2.05, 4.69) is 34.9 Å². The summed E-state index contributed by atoms with van der Waals surface area (Å²) in [4.78, 5) is 35.7. The Morgan fingerprint density at radius 1 is 1.03 bits per heavy atom. The third-order valence-corrected chi connectivity index (χ3v) is 7.40. The Morgan fingerprint density at radius 2 is 1.66 bits per heavy atom. The van der Waals surface area contributed by atoms with Crippen LogP contribution in [0.3, 0.4) is 0 Å². The molecule has 186 valence electrons. The molecule has 1 unspecified atom stereocenters. The van der Waals surface area contributed by atoms with Crippen molar-refractivity contribution in [3.05, 3.63) is 59.7 Å². The van der Waals surface area contributed by atoms with Gasteiger partial charge in [0.1, 0.15) is 6.61 Å². The van der Waals surface area contributed by atoms with Crippen LogP contribution in [0.25, 0.3) is 11.1 Å². The molecule has 2 aliphatic rings. The molecule has 0 heterocycles. The molecule has 1 saturated carbocycles. The second-order valence-corrected chi connectivity index (χ2v) is 10.1. The summed E-state index contributed by atoms with van der Waals surface area (Å²) in [6, 6.07) is 16.4. The molecule has 0 radical (unpaired) electrons. The van der Waals surface area contributed by atoms with Gasteiger partial charge in [0.25, 0.3) is 0 Å². The maximum absolute atomic E-state index is 12.3. The van der Waals surface area contributed by atoms with Crippen LogP contribution >= 0.6 is 0 Å². The fraction of sp³-hybridized carbons (Fsp3) is 0.464. The molecule has 1 fully saturated rings. The number of fused-ring (bicyclic) bond motifs is 3. The van der Waals surface area contributed by atoms with Crippen LogP contribution in [0.4, 0.5) is 4.79 Å². The first-order valence-electron chi connectivity index (χ1n) is 12.4. The number of nitrogens with one attached hydrogen (secondary N) is 2. The standard InChI is InChI=1S/C28H34N2O5/c1-19(11-12-25(31)30-18-28(13-6-14-28)15-26(32)33)16-29-27(34)35-17-24-22-9-4-2-7-20(22)21-8-3-5-10-23(21)24/h2-5,7-10,19,24H,6,11-18H2,1H3,(H,29,34)(H,30,31)(H,32,33). The predicted molar refractivity (Wildman–Crippen MR) is 133 cm³/mol. The smallest absolute Gasteiger partial charge is 0.407 e. The van der Waals surface area contributed by atoms with E-state index >= 15 is 0 Å². The highest BCUT2D eigenvalue weighted by molar-refractivity contribution is 5.79. The van der Waals surface area contributed by atoms with Gasteiger partial charge in [-0.15, -0.1) is 0 Å². The van der Waals surface area contributed by atoms with E-state index in [1.807, 2.05) is 31.2 Å². The Morgan fingerprint density at radius 3 is 2.23 bits per heavy atom. The van der Waals surface area contributed by atoms with Gasteiger partial charge in [0.05, 0.1) is 6.42 Å². The Bertz CT molecular complexity index is 1030. The van der Waals surface area contributed by atoms with Crippen molar-refractivity contribution in [2.24, 2.45) is 11.3 Å². The van der Waals surface area contributed by atoms with Crippen molar-refractivity contribution in [1.82, 2.24) is 10.6 Å². The minimum absolute atomic E-state index is 0.0226. The minimum atomic E-state index is -0.813. The van der Waals surface area contributed by atoms with Gasteiger partial charge in [-0.2, -0.15) is 0 Å². The maximum atomic E-state index is 12.3. The van der Waals surface area contributed by atoms with Gasteiger partial charge in [-0.25, -0.2) is 4.79 Å². The molecular formula is C28H34N2O5. The molecule has 2 amide bonds. The van der Waals surface area contributed by atoms with Crippen molar-refractivity contribution in [2.75, 3.05) is 19.7 Å². The van der Waals surface area contributed by atoms with Crippen molar-refractivity contribution < 1.29 is 24.2 Å². The number of carboxylic acid groups (broad SMARTS) is 1.